The van der Waals surface area contributed by atoms with Gasteiger partial charge in [0.25, 0.3) is 5.91 Å². The molecule has 2 aliphatic rings. The number of halogens is 3. The minimum absolute atomic E-state index is 0.105. The Labute approximate surface area is 231 Å². The molecule has 40 heavy (non-hydrogen) atoms. The van der Waals surface area contributed by atoms with E-state index in [-0.39, 0.29) is 17.1 Å². The zero-order valence-corrected chi connectivity index (χ0v) is 22.6. The van der Waals surface area contributed by atoms with Gasteiger partial charge >= 0.3 is 6.18 Å². The molecule has 5 rings (SSSR count). The van der Waals surface area contributed by atoms with Crippen LogP contribution in [0, 0.1) is 6.92 Å². The number of anilines is 3. The Morgan fingerprint density at radius 3 is 2.40 bits per heavy atom. The second-order valence-electron chi connectivity index (χ2n) is 9.77. The summed E-state index contributed by atoms with van der Waals surface area (Å²) in [5.41, 5.74) is 1.61. The Balaban J connectivity index is 1.47. The zero-order valence-electron chi connectivity index (χ0n) is 21.8. The van der Waals surface area contributed by atoms with Crippen LogP contribution in [0.2, 0.25) is 0 Å². The predicted octanol–water partition coefficient (Wildman–Crippen LogP) is 5.13. The summed E-state index contributed by atoms with van der Waals surface area (Å²) in [5.74, 6) is 1.03. The SMILES string of the molecule is Cc1ccc(NC(=O)c2cccc(C(F)(F)F)c2)cc1-c1cc(N2CCS(O)(O)CC2)nc(N2CCOCC2)n1. The van der Waals surface area contributed by atoms with Gasteiger partial charge in [0.15, 0.2) is 0 Å². The van der Waals surface area contributed by atoms with E-state index in [0.29, 0.717) is 62.5 Å². The van der Waals surface area contributed by atoms with Crippen molar-refractivity contribution in [2.75, 3.05) is 66.0 Å². The highest BCUT2D eigenvalue weighted by atomic mass is 32.3. The Bertz CT molecular complexity index is 1390. The smallest absolute Gasteiger partial charge is 0.378 e. The van der Waals surface area contributed by atoms with E-state index in [1.165, 1.54) is 12.1 Å². The first-order chi connectivity index (χ1) is 19.0. The molecule has 0 aliphatic carbocycles. The van der Waals surface area contributed by atoms with Gasteiger partial charge in [0, 0.05) is 49.1 Å². The predicted molar refractivity (Wildman–Crippen MR) is 149 cm³/mol. The molecular formula is C27H30F3N5O4S. The number of amides is 1. The van der Waals surface area contributed by atoms with Gasteiger partial charge in [0.2, 0.25) is 5.95 Å². The van der Waals surface area contributed by atoms with Gasteiger partial charge in [-0.2, -0.15) is 28.7 Å². The summed E-state index contributed by atoms with van der Waals surface area (Å²) >= 11 is 0. The lowest BCUT2D eigenvalue weighted by atomic mass is 10.0. The standard InChI is InChI=1S/C27H30F3N5O4S/c1-18-5-6-21(31-25(36)19-3-2-4-20(15-19)27(28,29)30)16-22(18)23-17-24(34-9-13-40(37,38)14-10-34)33-26(32-23)35-7-11-39-12-8-35/h2-6,15-17,37-38H,7-14H2,1H3,(H,31,36). The van der Waals surface area contributed by atoms with E-state index >= 15 is 0 Å². The molecule has 3 aromatic rings. The fourth-order valence-corrected chi connectivity index (χ4v) is 5.83. The summed E-state index contributed by atoms with van der Waals surface area (Å²) in [6.07, 6.45) is -4.55. The number of rotatable bonds is 5. The number of hydrogen-bond donors (Lipinski definition) is 3. The molecule has 214 valence electrons. The maximum atomic E-state index is 13.1. The largest absolute Gasteiger partial charge is 0.416 e. The van der Waals surface area contributed by atoms with Crippen molar-refractivity contribution in [1.82, 2.24) is 9.97 Å². The van der Waals surface area contributed by atoms with Crippen LogP contribution >= 0.6 is 10.6 Å². The number of nitrogens with zero attached hydrogens (tertiary/aromatic N) is 4. The summed E-state index contributed by atoms with van der Waals surface area (Å²) in [6, 6.07) is 11.3. The third kappa shape index (κ3) is 6.49. The monoisotopic (exact) mass is 577 g/mol. The average molecular weight is 578 g/mol. The Hall–Kier alpha value is -3.39. The maximum Gasteiger partial charge on any atom is 0.416 e. The first-order valence-electron chi connectivity index (χ1n) is 12.8. The molecule has 0 unspecified atom stereocenters. The van der Waals surface area contributed by atoms with E-state index in [4.69, 9.17) is 14.7 Å². The van der Waals surface area contributed by atoms with Crippen molar-refractivity contribution < 1.29 is 31.8 Å². The Morgan fingerprint density at radius 2 is 1.70 bits per heavy atom. The number of aryl methyl sites for hydroxylation is 1. The number of alkyl halides is 3. The van der Waals surface area contributed by atoms with Crippen molar-refractivity contribution >= 4 is 34.0 Å². The average Bonchev–Trinajstić information content (AvgIpc) is 2.94. The lowest BCUT2D eigenvalue weighted by molar-refractivity contribution is -0.137. The fraction of sp³-hybridized carbons (Fsp3) is 0.370. The van der Waals surface area contributed by atoms with Crippen LogP contribution in [0.1, 0.15) is 21.5 Å². The summed E-state index contributed by atoms with van der Waals surface area (Å²) in [4.78, 5) is 26.5. The van der Waals surface area contributed by atoms with E-state index in [0.717, 1.165) is 23.3 Å². The lowest BCUT2D eigenvalue weighted by Crippen LogP contribution is -2.40. The van der Waals surface area contributed by atoms with Gasteiger partial charge in [0.05, 0.1) is 36.0 Å². The van der Waals surface area contributed by atoms with Crippen molar-refractivity contribution in [3.8, 4) is 11.3 Å². The molecule has 0 bridgehead atoms. The van der Waals surface area contributed by atoms with E-state index in [1.54, 1.807) is 12.1 Å². The Kier molecular flexibility index (Phi) is 7.91. The summed E-state index contributed by atoms with van der Waals surface area (Å²) in [7, 11) is -2.59. The van der Waals surface area contributed by atoms with Gasteiger partial charge in [0.1, 0.15) is 5.82 Å². The topological polar surface area (TPSA) is 111 Å². The first kappa shape index (κ1) is 28.1. The summed E-state index contributed by atoms with van der Waals surface area (Å²) in [6.45, 7) is 5.11. The van der Waals surface area contributed by atoms with E-state index in [2.05, 4.69) is 5.32 Å². The number of benzene rings is 2. The number of nitrogens with one attached hydrogen (secondary N) is 1. The van der Waals surface area contributed by atoms with Crippen molar-refractivity contribution in [2.45, 2.75) is 13.1 Å². The van der Waals surface area contributed by atoms with Gasteiger partial charge in [-0.1, -0.05) is 12.1 Å². The molecule has 1 amide bonds. The third-order valence-corrected chi connectivity index (χ3v) is 8.59. The summed E-state index contributed by atoms with van der Waals surface area (Å²) < 4.78 is 65.0. The molecule has 2 aliphatic heterocycles. The molecule has 2 fully saturated rings. The van der Waals surface area contributed by atoms with Crippen LogP contribution in [0.3, 0.4) is 0 Å². The molecule has 3 N–H and O–H groups in total. The molecule has 3 heterocycles. The lowest BCUT2D eigenvalue weighted by Gasteiger charge is -2.41. The van der Waals surface area contributed by atoms with Crippen LogP contribution in [0.5, 0.6) is 0 Å². The zero-order chi connectivity index (χ0) is 28.5. The van der Waals surface area contributed by atoms with Gasteiger partial charge in [-0.05, 0) is 42.8 Å². The van der Waals surface area contributed by atoms with Crippen LogP contribution in [0.4, 0.5) is 30.6 Å². The first-order valence-corrected chi connectivity index (χ1v) is 14.7. The number of carbonyl (C=O) groups excluding carboxylic acids is 1. The number of morpholine rings is 1. The molecule has 0 saturated carbocycles. The highest BCUT2D eigenvalue weighted by molar-refractivity contribution is 8.24. The number of aromatic nitrogens is 2. The number of ether oxygens (including phenoxy) is 1. The molecule has 9 nitrogen and oxygen atoms in total. The van der Waals surface area contributed by atoms with Crippen LogP contribution < -0.4 is 15.1 Å². The van der Waals surface area contributed by atoms with Crippen LogP contribution in [-0.2, 0) is 10.9 Å². The van der Waals surface area contributed by atoms with Crippen molar-refractivity contribution in [3.63, 3.8) is 0 Å². The second-order valence-corrected chi connectivity index (χ2v) is 12.2. The van der Waals surface area contributed by atoms with Crippen LogP contribution in [0.15, 0.2) is 48.5 Å². The van der Waals surface area contributed by atoms with Gasteiger partial charge in [-0.3, -0.25) is 13.9 Å². The Morgan fingerprint density at radius 1 is 0.975 bits per heavy atom. The van der Waals surface area contributed by atoms with Gasteiger partial charge in [-0.25, -0.2) is 4.98 Å². The number of hydrogen-bond acceptors (Lipinski definition) is 8. The molecule has 2 saturated heterocycles. The van der Waals surface area contributed by atoms with E-state index in [9.17, 15) is 27.1 Å². The van der Waals surface area contributed by atoms with Crippen LogP contribution in [-0.4, -0.2) is 75.9 Å². The molecule has 1 aromatic heterocycles. The minimum Gasteiger partial charge on any atom is -0.378 e. The van der Waals surface area contributed by atoms with E-state index < -0.39 is 28.2 Å². The highest BCUT2D eigenvalue weighted by Gasteiger charge is 2.31. The molecule has 0 atom stereocenters. The van der Waals surface area contributed by atoms with Crippen molar-refractivity contribution in [2.24, 2.45) is 0 Å². The molecule has 0 radical (unpaired) electrons. The molecule has 2 aromatic carbocycles. The van der Waals surface area contributed by atoms with Crippen LogP contribution in [0.25, 0.3) is 11.3 Å². The van der Waals surface area contributed by atoms with Gasteiger partial charge < -0.3 is 19.9 Å². The normalized spacial score (nSPS) is 18.4. The maximum absolute atomic E-state index is 13.1. The quantitative estimate of drug-likeness (QED) is 0.383. The fourth-order valence-electron chi connectivity index (χ4n) is 4.60. The van der Waals surface area contributed by atoms with Gasteiger partial charge in [-0.15, -0.1) is 0 Å². The van der Waals surface area contributed by atoms with Crippen molar-refractivity contribution in [3.05, 3.63) is 65.2 Å². The molecule has 13 heteroatoms. The number of carbonyl (C=O) groups is 1. The minimum atomic E-state index is -4.55. The second kappa shape index (κ2) is 11.2. The van der Waals surface area contributed by atoms with Crippen molar-refractivity contribution in [1.29, 1.82) is 0 Å². The highest BCUT2D eigenvalue weighted by Crippen LogP contribution is 2.41. The third-order valence-electron chi connectivity index (χ3n) is 6.92. The van der Waals surface area contributed by atoms with E-state index in [1.807, 2.05) is 28.9 Å². The molecule has 0 spiro atoms. The summed E-state index contributed by atoms with van der Waals surface area (Å²) in [5, 5.41) is 2.70. The molecular weight excluding hydrogens is 547 g/mol.